The summed E-state index contributed by atoms with van der Waals surface area (Å²) in [6.07, 6.45) is 0. The molecule has 2 rings (SSSR count). The Morgan fingerprint density at radius 3 is 2.91 bits per heavy atom. The summed E-state index contributed by atoms with van der Waals surface area (Å²) in [6, 6.07) is 5.51. The van der Waals surface area contributed by atoms with Gasteiger partial charge < -0.3 is 5.32 Å². The van der Waals surface area contributed by atoms with E-state index in [0.717, 1.165) is 12.1 Å². The minimum absolute atomic E-state index is 0.144. The highest BCUT2D eigenvalue weighted by molar-refractivity contribution is 7.99. The predicted molar refractivity (Wildman–Crippen MR) is 88.2 cm³/mol. The highest BCUT2D eigenvalue weighted by atomic mass is 35.5. The number of nitrogens with one attached hydrogen (secondary N) is 1. The second-order valence-corrected chi connectivity index (χ2v) is 6.71. The Morgan fingerprint density at radius 1 is 1.45 bits per heavy atom. The summed E-state index contributed by atoms with van der Waals surface area (Å²) in [6.45, 7) is 6.84. The second kappa shape index (κ2) is 7.60. The predicted octanol–water partition coefficient (Wildman–Crippen LogP) is 3.02. The number of amides is 1. The monoisotopic (exact) mass is 339 g/mol. The quantitative estimate of drug-likeness (QED) is 0.819. The van der Waals surface area contributed by atoms with E-state index in [1.165, 1.54) is 11.8 Å². The molecule has 0 aliphatic rings. The molecule has 0 aliphatic carbocycles. The fourth-order valence-electron chi connectivity index (χ4n) is 1.80. The van der Waals surface area contributed by atoms with Crippen molar-refractivity contribution >= 4 is 35.0 Å². The molecule has 0 aliphatic heterocycles. The van der Waals surface area contributed by atoms with Crippen LogP contribution in [-0.2, 0) is 11.3 Å². The Labute approximate surface area is 138 Å². The van der Waals surface area contributed by atoms with Gasteiger partial charge in [-0.15, -0.1) is 5.10 Å². The molecule has 1 aromatic heterocycles. The van der Waals surface area contributed by atoms with Gasteiger partial charge in [0.05, 0.1) is 16.5 Å². The molecule has 0 radical (unpaired) electrons. The Bertz CT molecular complexity index is 658. The standard InChI is InChI=1S/C14H18ClN5OS/c1-9(2)7-20-14(17-18-19-20)22-8-13(21)16-12-5-4-10(3)6-11(12)15/h4-6,9H,7-8H2,1-3H3,(H,16,21). The molecule has 0 bridgehead atoms. The number of aryl methyl sites for hydroxylation is 1. The summed E-state index contributed by atoms with van der Waals surface area (Å²) >= 11 is 7.40. The summed E-state index contributed by atoms with van der Waals surface area (Å²) in [5.41, 5.74) is 1.66. The van der Waals surface area contributed by atoms with E-state index < -0.39 is 0 Å². The zero-order valence-electron chi connectivity index (χ0n) is 12.7. The number of rotatable bonds is 6. The van der Waals surface area contributed by atoms with Gasteiger partial charge in [-0.3, -0.25) is 4.79 Å². The Morgan fingerprint density at radius 2 is 2.23 bits per heavy atom. The number of nitrogens with zero attached hydrogens (tertiary/aromatic N) is 4. The molecule has 0 saturated carbocycles. The fraction of sp³-hybridized carbons (Fsp3) is 0.429. The van der Waals surface area contributed by atoms with E-state index in [0.29, 0.717) is 21.8 Å². The van der Waals surface area contributed by atoms with Gasteiger partial charge in [0.15, 0.2) is 0 Å². The first kappa shape index (κ1) is 16.8. The fourth-order valence-corrected chi connectivity index (χ4v) is 2.77. The third kappa shape index (κ3) is 4.71. The van der Waals surface area contributed by atoms with Crippen molar-refractivity contribution in [3.05, 3.63) is 28.8 Å². The molecule has 0 atom stereocenters. The normalized spacial score (nSPS) is 11.0. The summed E-state index contributed by atoms with van der Waals surface area (Å²) < 4.78 is 1.71. The van der Waals surface area contributed by atoms with Crippen LogP contribution in [-0.4, -0.2) is 31.9 Å². The first-order valence-electron chi connectivity index (χ1n) is 6.90. The summed E-state index contributed by atoms with van der Waals surface area (Å²) in [5.74, 6) is 0.515. The van der Waals surface area contributed by atoms with Crippen LogP contribution in [0.1, 0.15) is 19.4 Å². The van der Waals surface area contributed by atoms with Crippen LogP contribution in [0, 0.1) is 12.8 Å². The van der Waals surface area contributed by atoms with Gasteiger partial charge in [-0.1, -0.05) is 43.3 Å². The molecule has 8 heteroatoms. The number of hydrogen-bond acceptors (Lipinski definition) is 5. The molecular weight excluding hydrogens is 322 g/mol. The van der Waals surface area contributed by atoms with E-state index in [1.807, 2.05) is 19.1 Å². The number of hydrogen-bond donors (Lipinski definition) is 1. The minimum atomic E-state index is -0.144. The first-order chi connectivity index (χ1) is 10.5. The number of halogens is 1. The minimum Gasteiger partial charge on any atom is -0.324 e. The molecule has 1 N–H and O–H groups in total. The molecule has 1 heterocycles. The molecule has 0 fully saturated rings. The number of thioether (sulfide) groups is 1. The molecule has 0 saturated heterocycles. The zero-order chi connectivity index (χ0) is 16.1. The van der Waals surface area contributed by atoms with Gasteiger partial charge in [0.2, 0.25) is 11.1 Å². The largest absolute Gasteiger partial charge is 0.324 e. The summed E-state index contributed by atoms with van der Waals surface area (Å²) in [7, 11) is 0. The van der Waals surface area contributed by atoms with E-state index in [2.05, 4.69) is 34.7 Å². The van der Waals surface area contributed by atoms with Gasteiger partial charge in [0.1, 0.15) is 0 Å². The average Bonchev–Trinajstić information content (AvgIpc) is 2.86. The maximum Gasteiger partial charge on any atom is 0.234 e. The number of benzene rings is 1. The number of tetrazole rings is 1. The van der Waals surface area contributed by atoms with E-state index in [1.54, 1.807) is 10.7 Å². The van der Waals surface area contributed by atoms with Gasteiger partial charge in [-0.2, -0.15) is 0 Å². The second-order valence-electron chi connectivity index (χ2n) is 5.36. The average molecular weight is 340 g/mol. The smallest absolute Gasteiger partial charge is 0.234 e. The molecule has 0 spiro atoms. The van der Waals surface area contributed by atoms with Crippen LogP contribution in [0.25, 0.3) is 0 Å². The highest BCUT2D eigenvalue weighted by Crippen LogP contribution is 2.23. The molecule has 118 valence electrons. The lowest BCUT2D eigenvalue weighted by molar-refractivity contribution is -0.113. The molecule has 0 unspecified atom stereocenters. The molecule has 2 aromatic rings. The van der Waals surface area contributed by atoms with Crippen molar-refractivity contribution in [1.82, 2.24) is 20.2 Å². The van der Waals surface area contributed by atoms with Crippen LogP contribution in [0.15, 0.2) is 23.4 Å². The third-order valence-corrected chi connectivity index (χ3v) is 4.04. The number of carbonyl (C=O) groups excluding carboxylic acids is 1. The van der Waals surface area contributed by atoms with Crippen molar-refractivity contribution in [3.63, 3.8) is 0 Å². The molecule has 22 heavy (non-hydrogen) atoms. The maximum atomic E-state index is 12.0. The van der Waals surface area contributed by atoms with E-state index in [9.17, 15) is 4.79 Å². The molecule has 6 nitrogen and oxygen atoms in total. The maximum absolute atomic E-state index is 12.0. The Kier molecular flexibility index (Phi) is 5.79. The lowest BCUT2D eigenvalue weighted by Crippen LogP contribution is -2.15. The van der Waals surface area contributed by atoms with Crippen molar-refractivity contribution < 1.29 is 4.79 Å². The summed E-state index contributed by atoms with van der Waals surface area (Å²) in [5, 5.41) is 15.5. The Hall–Kier alpha value is -1.60. The topological polar surface area (TPSA) is 72.7 Å². The van der Waals surface area contributed by atoms with Crippen molar-refractivity contribution in [2.24, 2.45) is 5.92 Å². The first-order valence-corrected chi connectivity index (χ1v) is 8.27. The van der Waals surface area contributed by atoms with Gasteiger partial charge >= 0.3 is 0 Å². The van der Waals surface area contributed by atoms with Crippen LogP contribution >= 0.6 is 23.4 Å². The molecule has 1 amide bonds. The number of anilines is 1. The summed E-state index contributed by atoms with van der Waals surface area (Å²) in [4.78, 5) is 12.0. The van der Waals surface area contributed by atoms with Crippen LogP contribution < -0.4 is 5.32 Å². The molecular formula is C14H18ClN5OS. The third-order valence-electron chi connectivity index (χ3n) is 2.77. The van der Waals surface area contributed by atoms with E-state index >= 15 is 0 Å². The van der Waals surface area contributed by atoms with Gasteiger partial charge in [0.25, 0.3) is 0 Å². The Balaban J connectivity index is 1.92. The van der Waals surface area contributed by atoms with Gasteiger partial charge in [-0.05, 0) is 41.0 Å². The lowest BCUT2D eigenvalue weighted by atomic mass is 10.2. The SMILES string of the molecule is Cc1ccc(NC(=O)CSc2nnnn2CC(C)C)c(Cl)c1. The zero-order valence-corrected chi connectivity index (χ0v) is 14.3. The van der Waals surface area contributed by atoms with Crippen molar-refractivity contribution in [2.75, 3.05) is 11.1 Å². The van der Waals surface area contributed by atoms with E-state index in [4.69, 9.17) is 11.6 Å². The van der Waals surface area contributed by atoms with E-state index in [-0.39, 0.29) is 11.7 Å². The van der Waals surface area contributed by atoms with Gasteiger partial charge in [-0.25, -0.2) is 4.68 Å². The molecule has 1 aromatic carbocycles. The van der Waals surface area contributed by atoms with Crippen molar-refractivity contribution in [1.29, 1.82) is 0 Å². The lowest BCUT2D eigenvalue weighted by Gasteiger charge is -2.08. The van der Waals surface area contributed by atoms with Crippen LogP contribution in [0.5, 0.6) is 0 Å². The number of aromatic nitrogens is 4. The van der Waals surface area contributed by atoms with Crippen LogP contribution in [0.4, 0.5) is 5.69 Å². The highest BCUT2D eigenvalue weighted by Gasteiger charge is 2.12. The number of carbonyl (C=O) groups is 1. The van der Waals surface area contributed by atoms with Crippen molar-refractivity contribution in [3.8, 4) is 0 Å². The van der Waals surface area contributed by atoms with Crippen LogP contribution in [0.3, 0.4) is 0 Å². The van der Waals surface area contributed by atoms with Gasteiger partial charge in [0, 0.05) is 6.54 Å². The van der Waals surface area contributed by atoms with Crippen molar-refractivity contribution in [2.45, 2.75) is 32.5 Å². The van der Waals surface area contributed by atoms with Crippen LogP contribution in [0.2, 0.25) is 5.02 Å².